The minimum Gasteiger partial charge on any atom is -0.335 e. The van der Waals surface area contributed by atoms with Gasteiger partial charge in [-0.05, 0) is 50.5 Å². The van der Waals surface area contributed by atoms with Crippen molar-refractivity contribution in [2.45, 2.75) is 43.2 Å². The van der Waals surface area contributed by atoms with E-state index in [0.29, 0.717) is 17.5 Å². The molecule has 1 aromatic carbocycles. The normalized spacial score (nSPS) is 24.9. The number of carbonyl (C=O) groups excluding carboxylic acids is 1. The van der Waals surface area contributed by atoms with Gasteiger partial charge >= 0.3 is 5.97 Å². The van der Waals surface area contributed by atoms with Crippen molar-refractivity contribution in [2.75, 3.05) is 0 Å². The van der Waals surface area contributed by atoms with E-state index in [4.69, 9.17) is 17.1 Å². The highest BCUT2D eigenvalue weighted by molar-refractivity contribution is 7.89. The highest BCUT2D eigenvalue weighted by Gasteiger charge is 2.55. The lowest BCUT2D eigenvalue weighted by Gasteiger charge is -2.23. The maximum Gasteiger partial charge on any atom is 0.337 e. The van der Waals surface area contributed by atoms with E-state index in [0.717, 1.165) is 12.0 Å². The van der Waals surface area contributed by atoms with Crippen LogP contribution in [-0.4, -0.2) is 35.5 Å². The number of sulfonamides is 1. The van der Waals surface area contributed by atoms with Gasteiger partial charge in [0.15, 0.2) is 0 Å². The lowest BCUT2D eigenvalue weighted by atomic mass is 9.89. The van der Waals surface area contributed by atoms with Crippen LogP contribution in [0.15, 0.2) is 53.6 Å². The van der Waals surface area contributed by atoms with Crippen molar-refractivity contribution in [3.8, 4) is 0 Å². The highest BCUT2D eigenvalue weighted by atomic mass is 32.2. The molecule has 2 saturated heterocycles. The Morgan fingerprint density at radius 3 is 2.59 bits per heavy atom. The summed E-state index contributed by atoms with van der Waals surface area (Å²) in [4.78, 5) is 18.4. The van der Waals surface area contributed by atoms with E-state index in [9.17, 15) is 13.2 Å². The van der Waals surface area contributed by atoms with E-state index in [1.807, 2.05) is 6.92 Å². The third kappa shape index (κ3) is 3.22. The van der Waals surface area contributed by atoms with Gasteiger partial charge in [0.25, 0.3) is 0 Å². The monoisotopic (exact) mass is 404 g/mol. The molecule has 142 valence electrons. The first-order valence-corrected chi connectivity index (χ1v) is 10.7. The van der Waals surface area contributed by atoms with Gasteiger partial charge in [-0.3, -0.25) is 0 Å². The molecule has 4 rings (SSSR count). The lowest BCUT2D eigenvalue weighted by Crippen LogP contribution is -2.39. The summed E-state index contributed by atoms with van der Waals surface area (Å²) in [5.74, 6) is -0.917. The third-order valence-electron chi connectivity index (χ3n) is 5.35. The topological polar surface area (TPSA) is 68.6 Å². The molecule has 8 heteroatoms. The van der Waals surface area contributed by atoms with Crippen molar-refractivity contribution >= 4 is 28.2 Å². The predicted molar refractivity (Wildman–Crippen MR) is 102 cm³/mol. The smallest absolute Gasteiger partial charge is 0.335 e. The Morgan fingerprint density at radius 2 is 1.89 bits per heavy atom. The van der Waals surface area contributed by atoms with Crippen LogP contribution in [0.5, 0.6) is 0 Å². The molecule has 0 unspecified atom stereocenters. The number of carbonyl (C=O) groups is 1. The Kier molecular flexibility index (Phi) is 4.65. The molecule has 6 nitrogen and oxygen atoms in total. The van der Waals surface area contributed by atoms with Crippen molar-refractivity contribution in [3.05, 3.63) is 58.9 Å². The summed E-state index contributed by atoms with van der Waals surface area (Å²) in [7, 11) is -3.64. The van der Waals surface area contributed by atoms with Crippen LogP contribution in [0.1, 0.15) is 24.8 Å². The van der Waals surface area contributed by atoms with E-state index >= 15 is 0 Å². The van der Waals surface area contributed by atoms with Gasteiger partial charge in [-0.2, -0.15) is 9.04 Å². The molecule has 3 atom stereocenters. The number of pyridine rings is 1. The number of aryl methyl sites for hydroxylation is 1. The maximum atomic E-state index is 13.1. The second-order valence-electron chi connectivity index (χ2n) is 7.06. The Balaban J connectivity index is 1.58. The zero-order chi connectivity index (χ0) is 19.2. The number of nitrogens with zero attached hydrogens (tertiary/aromatic N) is 2. The van der Waals surface area contributed by atoms with Crippen LogP contribution in [0.4, 0.5) is 0 Å². The van der Waals surface area contributed by atoms with Gasteiger partial charge < -0.3 is 4.84 Å². The van der Waals surface area contributed by atoms with Gasteiger partial charge in [0.2, 0.25) is 10.0 Å². The molecule has 2 fully saturated rings. The molecule has 2 bridgehead atoms. The average molecular weight is 405 g/mol. The van der Waals surface area contributed by atoms with E-state index in [2.05, 4.69) is 0 Å². The standard InChI is InChI=1S/C19H20N2O4S2/c1-13-5-8-15(9-6-13)27(23,24)21-14-7-10-17(21)16(12-14)19(22)25-20-11-3-2-4-18(20)26/h2-6,8-9,11,14,16-17H,7,10,12H2,1H3/t14-,16-,17+/m0/s1. The fourth-order valence-electron chi connectivity index (χ4n) is 4.05. The molecule has 2 aliphatic rings. The first-order valence-electron chi connectivity index (χ1n) is 8.88. The summed E-state index contributed by atoms with van der Waals surface area (Å²) in [6, 6.07) is 11.4. The zero-order valence-electron chi connectivity index (χ0n) is 14.8. The molecule has 1 aromatic heterocycles. The average Bonchev–Trinajstić information content (AvgIpc) is 3.23. The summed E-state index contributed by atoms with van der Waals surface area (Å²) < 4.78 is 29.4. The molecule has 0 amide bonds. The SMILES string of the molecule is Cc1ccc(S(=O)(=O)N2[C@H]3CC[C@@H]2[C@@H](C(=O)On2ccccc2=S)C3)cc1. The van der Waals surface area contributed by atoms with Gasteiger partial charge in [-0.1, -0.05) is 36.0 Å². The first kappa shape index (κ1) is 18.3. The van der Waals surface area contributed by atoms with Crippen molar-refractivity contribution in [1.29, 1.82) is 0 Å². The van der Waals surface area contributed by atoms with Gasteiger partial charge in [-0.15, -0.1) is 0 Å². The Hall–Kier alpha value is -2.03. The number of fused-ring (bicyclic) bond motifs is 2. The summed E-state index contributed by atoms with van der Waals surface area (Å²) in [6.45, 7) is 1.91. The van der Waals surface area contributed by atoms with Crippen LogP contribution in [-0.2, 0) is 14.8 Å². The minimum absolute atomic E-state index is 0.164. The van der Waals surface area contributed by atoms with Crippen LogP contribution in [0, 0.1) is 17.5 Å². The zero-order valence-corrected chi connectivity index (χ0v) is 16.4. The minimum atomic E-state index is -3.64. The van der Waals surface area contributed by atoms with Crippen molar-refractivity contribution in [3.63, 3.8) is 0 Å². The lowest BCUT2D eigenvalue weighted by molar-refractivity contribution is -0.150. The fourth-order valence-corrected chi connectivity index (χ4v) is 6.14. The Labute approximate surface area is 163 Å². The molecular formula is C19H20N2O4S2. The molecular weight excluding hydrogens is 384 g/mol. The molecule has 0 spiro atoms. The number of benzene rings is 1. The fraction of sp³-hybridized carbons (Fsp3) is 0.368. The van der Waals surface area contributed by atoms with E-state index in [1.165, 1.54) is 9.04 Å². The molecule has 27 heavy (non-hydrogen) atoms. The Morgan fingerprint density at radius 1 is 1.15 bits per heavy atom. The number of hydrogen-bond acceptors (Lipinski definition) is 5. The first-order chi connectivity index (χ1) is 12.9. The van der Waals surface area contributed by atoms with Crippen LogP contribution in [0.25, 0.3) is 0 Å². The van der Waals surface area contributed by atoms with Crippen molar-refractivity contribution in [2.24, 2.45) is 5.92 Å². The molecule has 0 saturated carbocycles. The van der Waals surface area contributed by atoms with E-state index in [-0.39, 0.29) is 17.0 Å². The van der Waals surface area contributed by atoms with E-state index < -0.39 is 21.9 Å². The molecule has 0 aliphatic carbocycles. The summed E-state index contributed by atoms with van der Waals surface area (Å²) in [6.07, 6.45) is 3.49. The second kappa shape index (κ2) is 6.85. The largest absolute Gasteiger partial charge is 0.337 e. The van der Waals surface area contributed by atoms with Gasteiger partial charge in [-0.25, -0.2) is 13.2 Å². The molecule has 2 aromatic rings. The number of rotatable bonds is 4. The summed E-state index contributed by atoms with van der Waals surface area (Å²) in [5.41, 5.74) is 0.999. The predicted octanol–water partition coefficient (Wildman–Crippen LogP) is 2.72. The van der Waals surface area contributed by atoms with E-state index in [1.54, 1.807) is 48.7 Å². The molecule has 3 heterocycles. The highest BCUT2D eigenvalue weighted by Crippen LogP contribution is 2.45. The van der Waals surface area contributed by atoms with Gasteiger partial charge in [0, 0.05) is 18.3 Å². The van der Waals surface area contributed by atoms with Gasteiger partial charge in [0.1, 0.15) is 4.64 Å². The maximum absolute atomic E-state index is 13.1. The summed E-state index contributed by atoms with van der Waals surface area (Å²) >= 11 is 5.15. The van der Waals surface area contributed by atoms with Crippen LogP contribution in [0.3, 0.4) is 0 Å². The van der Waals surface area contributed by atoms with Crippen LogP contribution < -0.4 is 4.84 Å². The Bertz CT molecular complexity index is 1030. The van der Waals surface area contributed by atoms with Crippen LogP contribution >= 0.6 is 12.2 Å². The number of aromatic nitrogens is 1. The molecule has 0 radical (unpaired) electrons. The van der Waals surface area contributed by atoms with Crippen LogP contribution in [0.2, 0.25) is 0 Å². The van der Waals surface area contributed by atoms with Crippen molar-refractivity contribution < 1.29 is 18.0 Å². The molecule has 2 aliphatic heterocycles. The summed E-state index contributed by atoms with van der Waals surface area (Å²) in [5, 5.41) is 0. The second-order valence-corrected chi connectivity index (χ2v) is 9.33. The third-order valence-corrected chi connectivity index (χ3v) is 7.66. The quantitative estimate of drug-likeness (QED) is 0.733. The van der Waals surface area contributed by atoms with Crippen molar-refractivity contribution in [1.82, 2.24) is 9.04 Å². The number of hydrogen-bond donors (Lipinski definition) is 0. The molecule has 0 N–H and O–H groups in total. The van der Waals surface area contributed by atoms with Gasteiger partial charge in [0.05, 0.1) is 10.8 Å².